The van der Waals surface area contributed by atoms with Crippen molar-refractivity contribution in [2.75, 3.05) is 11.9 Å². The fourth-order valence-electron chi connectivity index (χ4n) is 1.24. The maximum Gasteiger partial charge on any atom is 0.261 e. The minimum atomic E-state index is -0.238. The van der Waals surface area contributed by atoms with Crippen LogP contribution in [0.25, 0.3) is 0 Å². The van der Waals surface area contributed by atoms with Gasteiger partial charge in [0.2, 0.25) is 11.9 Å². The summed E-state index contributed by atoms with van der Waals surface area (Å²) in [5.74, 6) is -0.111. The molecule has 2 heterocycles. The number of hydrogen-bond acceptors (Lipinski definition) is 5. The first kappa shape index (κ1) is 12.2. The van der Waals surface area contributed by atoms with Crippen molar-refractivity contribution in [1.29, 1.82) is 0 Å². The van der Waals surface area contributed by atoms with E-state index in [2.05, 4.69) is 25.8 Å². The van der Waals surface area contributed by atoms with Gasteiger partial charge in [-0.25, -0.2) is 5.10 Å². The van der Waals surface area contributed by atoms with Crippen LogP contribution in [-0.2, 0) is 4.79 Å². The Morgan fingerprint density at radius 2 is 2.33 bits per heavy atom. The molecule has 0 aliphatic heterocycles. The maximum atomic E-state index is 11.5. The summed E-state index contributed by atoms with van der Waals surface area (Å²) >= 11 is 1.36. The van der Waals surface area contributed by atoms with Gasteiger partial charge in [-0.15, -0.1) is 11.3 Å². The van der Waals surface area contributed by atoms with Gasteiger partial charge in [0.05, 0.1) is 4.88 Å². The number of nitrogens with zero attached hydrogens (tertiary/aromatic N) is 2. The summed E-state index contributed by atoms with van der Waals surface area (Å²) in [5, 5.41) is 13.1. The van der Waals surface area contributed by atoms with Crippen LogP contribution in [0.15, 0.2) is 23.8 Å². The summed E-state index contributed by atoms with van der Waals surface area (Å²) in [6.07, 6.45) is 1.48. The Morgan fingerprint density at radius 1 is 1.44 bits per heavy atom. The second-order valence-corrected chi connectivity index (χ2v) is 4.31. The molecule has 0 radical (unpaired) electrons. The number of anilines is 1. The SMILES string of the molecule is O=C(CCNC(=O)c1cccs1)Nc1ncn[nH]1. The van der Waals surface area contributed by atoms with Crippen LogP contribution in [0.5, 0.6) is 0 Å². The lowest BCUT2D eigenvalue weighted by molar-refractivity contribution is -0.116. The highest BCUT2D eigenvalue weighted by Crippen LogP contribution is 2.07. The quantitative estimate of drug-likeness (QED) is 0.738. The molecular weight excluding hydrogens is 254 g/mol. The van der Waals surface area contributed by atoms with E-state index < -0.39 is 0 Å². The molecule has 0 aliphatic carbocycles. The van der Waals surface area contributed by atoms with Crippen LogP contribution >= 0.6 is 11.3 Å². The van der Waals surface area contributed by atoms with Crippen molar-refractivity contribution in [3.05, 3.63) is 28.7 Å². The zero-order chi connectivity index (χ0) is 12.8. The van der Waals surface area contributed by atoms with E-state index in [4.69, 9.17) is 0 Å². The van der Waals surface area contributed by atoms with E-state index in [1.165, 1.54) is 17.7 Å². The molecule has 0 saturated carbocycles. The molecule has 18 heavy (non-hydrogen) atoms. The average Bonchev–Trinajstić information content (AvgIpc) is 3.00. The Kier molecular flexibility index (Phi) is 4.02. The minimum absolute atomic E-state index is 0.169. The van der Waals surface area contributed by atoms with Crippen LogP contribution < -0.4 is 10.6 Å². The third kappa shape index (κ3) is 3.39. The highest BCUT2D eigenvalue weighted by molar-refractivity contribution is 7.12. The Morgan fingerprint density at radius 3 is 3.00 bits per heavy atom. The number of aromatic nitrogens is 3. The number of nitrogens with one attached hydrogen (secondary N) is 3. The van der Waals surface area contributed by atoms with Crippen LogP contribution in [0.3, 0.4) is 0 Å². The smallest absolute Gasteiger partial charge is 0.261 e. The zero-order valence-corrected chi connectivity index (χ0v) is 10.2. The van der Waals surface area contributed by atoms with Crippen molar-refractivity contribution >= 4 is 29.1 Å². The van der Waals surface area contributed by atoms with Gasteiger partial charge in [0.1, 0.15) is 6.33 Å². The maximum absolute atomic E-state index is 11.5. The van der Waals surface area contributed by atoms with Gasteiger partial charge >= 0.3 is 0 Å². The normalized spacial score (nSPS) is 10.0. The molecule has 0 unspecified atom stereocenters. The van der Waals surface area contributed by atoms with E-state index in [0.29, 0.717) is 10.8 Å². The van der Waals surface area contributed by atoms with Crippen LogP contribution in [0.2, 0.25) is 0 Å². The van der Waals surface area contributed by atoms with Crippen LogP contribution in [-0.4, -0.2) is 33.5 Å². The molecule has 2 aromatic rings. The zero-order valence-electron chi connectivity index (χ0n) is 9.34. The van der Waals surface area contributed by atoms with Crippen molar-refractivity contribution in [1.82, 2.24) is 20.5 Å². The lowest BCUT2D eigenvalue weighted by Crippen LogP contribution is -2.27. The molecule has 0 aliphatic rings. The Bertz CT molecular complexity index is 508. The molecule has 0 atom stereocenters. The monoisotopic (exact) mass is 265 g/mol. The van der Waals surface area contributed by atoms with Crippen molar-refractivity contribution in [3.8, 4) is 0 Å². The van der Waals surface area contributed by atoms with Gasteiger partial charge in [0.15, 0.2) is 0 Å². The third-order valence-corrected chi connectivity index (χ3v) is 2.92. The predicted octanol–water partition coefficient (Wildman–Crippen LogP) is 0.625. The lowest BCUT2D eigenvalue weighted by Gasteiger charge is -2.03. The molecule has 0 saturated heterocycles. The standard InChI is InChI=1S/C10H11N5O2S/c16-8(14-10-12-6-13-15-10)3-4-11-9(17)7-2-1-5-18-7/h1-2,5-6H,3-4H2,(H,11,17)(H2,12,13,14,15,16). The van der Waals surface area contributed by atoms with Gasteiger partial charge in [-0.05, 0) is 11.4 Å². The molecule has 0 fully saturated rings. The largest absolute Gasteiger partial charge is 0.351 e. The molecule has 3 N–H and O–H groups in total. The molecule has 0 aromatic carbocycles. The number of carbonyl (C=O) groups excluding carboxylic acids is 2. The molecule has 0 bridgehead atoms. The van der Waals surface area contributed by atoms with Gasteiger partial charge < -0.3 is 5.32 Å². The molecule has 8 heteroatoms. The van der Waals surface area contributed by atoms with Crippen LogP contribution in [0.1, 0.15) is 16.1 Å². The van der Waals surface area contributed by atoms with Crippen LogP contribution in [0.4, 0.5) is 5.95 Å². The van der Waals surface area contributed by atoms with Gasteiger partial charge in [0, 0.05) is 13.0 Å². The summed E-state index contributed by atoms with van der Waals surface area (Å²) in [5.41, 5.74) is 0. The number of thiophene rings is 1. The summed E-state index contributed by atoms with van der Waals surface area (Å²) in [6.45, 7) is 0.275. The van der Waals surface area contributed by atoms with E-state index in [1.54, 1.807) is 12.1 Å². The molecule has 94 valence electrons. The van der Waals surface area contributed by atoms with Crippen LogP contribution in [0, 0.1) is 0 Å². The lowest BCUT2D eigenvalue weighted by atomic mass is 10.3. The summed E-state index contributed by atoms with van der Waals surface area (Å²) < 4.78 is 0. The molecule has 2 rings (SSSR count). The summed E-state index contributed by atoms with van der Waals surface area (Å²) in [6, 6.07) is 3.53. The highest BCUT2D eigenvalue weighted by Gasteiger charge is 2.08. The molecule has 7 nitrogen and oxygen atoms in total. The first-order valence-corrected chi connectivity index (χ1v) is 6.10. The van der Waals surface area contributed by atoms with Crippen molar-refractivity contribution in [2.45, 2.75) is 6.42 Å². The van der Waals surface area contributed by atoms with Crippen molar-refractivity contribution in [3.63, 3.8) is 0 Å². The minimum Gasteiger partial charge on any atom is -0.351 e. The first-order valence-electron chi connectivity index (χ1n) is 5.22. The van der Waals surface area contributed by atoms with E-state index in [0.717, 1.165) is 0 Å². The fourth-order valence-corrected chi connectivity index (χ4v) is 1.88. The second-order valence-electron chi connectivity index (χ2n) is 3.37. The molecule has 0 spiro atoms. The van der Waals surface area contributed by atoms with E-state index in [-0.39, 0.29) is 24.8 Å². The van der Waals surface area contributed by atoms with Crippen molar-refractivity contribution in [2.24, 2.45) is 0 Å². The number of rotatable bonds is 5. The number of carbonyl (C=O) groups is 2. The number of amides is 2. The molecule has 2 aromatic heterocycles. The van der Waals surface area contributed by atoms with Gasteiger partial charge in [0.25, 0.3) is 5.91 Å². The van der Waals surface area contributed by atoms with Crippen molar-refractivity contribution < 1.29 is 9.59 Å². The summed E-state index contributed by atoms with van der Waals surface area (Å²) in [7, 11) is 0. The molecular formula is C10H11N5O2S. The van der Waals surface area contributed by atoms with E-state index in [9.17, 15) is 9.59 Å². The number of hydrogen-bond donors (Lipinski definition) is 3. The summed E-state index contributed by atoms with van der Waals surface area (Å²) in [4.78, 5) is 27.4. The second kappa shape index (κ2) is 5.92. The fraction of sp³-hybridized carbons (Fsp3) is 0.200. The Hall–Kier alpha value is -2.22. The van der Waals surface area contributed by atoms with Gasteiger partial charge in [-0.1, -0.05) is 6.07 Å². The van der Waals surface area contributed by atoms with Gasteiger partial charge in [-0.2, -0.15) is 10.1 Å². The number of H-pyrrole nitrogens is 1. The highest BCUT2D eigenvalue weighted by atomic mass is 32.1. The topological polar surface area (TPSA) is 99.8 Å². The van der Waals surface area contributed by atoms with E-state index in [1.807, 2.05) is 5.38 Å². The number of aromatic amines is 1. The Balaban J connectivity index is 1.69. The third-order valence-electron chi connectivity index (χ3n) is 2.06. The Labute approximate surface area is 107 Å². The first-order chi connectivity index (χ1) is 8.75. The van der Waals surface area contributed by atoms with Gasteiger partial charge in [-0.3, -0.25) is 14.9 Å². The predicted molar refractivity (Wildman–Crippen MR) is 66.3 cm³/mol. The average molecular weight is 265 g/mol. The van der Waals surface area contributed by atoms with E-state index >= 15 is 0 Å². The molecule has 2 amide bonds.